The van der Waals surface area contributed by atoms with Crippen LogP contribution in [0.25, 0.3) is 0 Å². The highest BCUT2D eigenvalue weighted by atomic mass is 16.6. The topological polar surface area (TPSA) is 99.3 Å². The van der Waals surface area contributed by atoms with Gasteiger partial charge in [0, 0.05) is 50.6 Å². The van der Waals surface area contributed by atoms with Crippen LogP contribution in [-0.2, 0) is 25.7 Å². The lowest BCUT2D eigenvalue weighted by Crippen LogP contribution is -2.53. The number of benzene rings is 1. The van der Waals surface area contributed by atoms with Gasteiger partial charge in [-0.05, 0) is 37.8 Å². The van der Waals surface area contributed by atoms with Gasteiger partial charge < -0.3 is 19.4 Å². The molecule has 196 valence electrons. The number of ether oxygens (including phenoxy) is 1. The average molecular weight is 507 g/mol. The second kappa shape index (κ2) is 11.3. The molecule has 3 aliphatic heterocycles. The van der Waals surface area contributed by atoms with Gasteiger partial charge in [-0.3, -0.25) is 19.7 Å². The van der Waals surface area contributed by atoms with Gasteiger partial charge in [-0.25, -0.2) is 4.79 Å². The number of hydrogen-bond donors (Lipinski definition) is 1. The van der Waals surface area contributed by atoms with Crippen molar-refractivity contribution >= 4 is 23.8 Å². The lowest BCUT2D eigenvalue weighted by molar-refractivity contribution is -0.142. The third-order valence-corrected chi connectivity index (χ3v) is 7.76. The summed E-state index contributed by atoms with van der Waals surface area (Å²) in [6, 6.07) is 9.15. The van der Waals surface area contributed by atoms with E-state index in [1.54, 1.807) is 9.80 Å². The predicted octanol–water partition coefficient (Wildman–Crippen LogP) is 2.24. The quantitative estimate of drug-likeness (QED) is 0.595. The third kappa shape index (κ3) is 5.93. The molecule has 2 atom stereocenters. The number of carbonyl (C=O) groups is 4. The van der Waals surface area contributed by atoms with Gasteiger partial charge in [0.15, 0.2) is 0 Å². The van der Waals surface area contributed by atoms with Gasteiger partial charge in [0.1, 0.15) is 12.6 Å². The number of fused-ring (bicyclic) bond motifs is 1. The molecule has 0 bridgehead atoms. The fraction of sp³-hybridized carbons (Fsp3) is 0.500. The molecule has 3 heterocycles. The monoisotopic (exact) mass is 506 g/mol. The molecular formula is C28H34N4O5. The largest absolute Gasteiger partial charge is 0.445 e. The van der Waals surface area contributed by atoms with Crippen LogP contribution in [0.2, 0.25) is 0 Å². The molecule has 3 fully saturated rings. The molecule has 0 saturated carbocycles. The van der Waals surface area contributed by atoms with E-state index >= 15 is 0 Å². The van der Waals surface area contributed by atoms with Crippen LogP contribution in [0.5, 0.6) is 0 Å². The Morgan fingerprint density at radius 2 is 1.86 bits per heavy atom. The summed E-state index contributed by atoms with van der Waals surface area (Å²) < 4.78 is 5.51. The molecule has 1 aromatic rings. The Morgan fingerprint density at radius 1 is 1.03 bits per heavy atom. The summed E-state index contributed by atoms with van der Waals surface area (Å²) in [4.78, 5) is 55.1. The Labute approximate surface area is 217 Å². The number of likely N-dealkylation sites (tertiary alicyclic amines) is 1. The van der Waals surface area contributed by atoms with Crippen molar-refractivity contribution in [2.75, 3.05) is 39.3 Å². The molecule has 5 rings (SSSR count). The van der Waals surface area contributed by atoms with Crippen LogP contribution in [0.4, 0.5) is 4.79 Å². The Balaban J connectivity index is 1.07. The molecule has 4 aliphatic rings. The fourth-order valence-corrected chi connectivity index (χ4v) is 5.66. The number of hydrogen-bond acceptors (Lipinski definition) is 6. The van der Waals surface area contributed by atoms with Gasteiger partial charge in [-0.15, -0.1) is 0 Å². The Kier molecular flexibility index (Phi) is 7.69. The number of nitrogens with one attached hydrogen (secondary N) is 1. The van der Waals surface area contributed by atoms with Crippen molar-refractivity contribution in [3.8, 4) is 0 Å². The SMILES string of the molecule is O=C1CC[C@H](N2CC3CC(CCN4CCCN(C(=O)OCc5ccccc5)CC4)=CC=C3C2=O)C(=O)N1. The lowest BCUT2D eigenvalue weighted by Gasteiger charge is -2.29. The molecule has 9 nitrogen and oxygen atoms in total. The van der Waals surface area contributed by atoms with Crippen molar-refractivity contribution in [3.05, 3.63) is 59.2 Å². The van der Waals surface area contributed by atoms with E-state index in [4.69, 9.17) is 4.74 Å². The van der Waals surface area contributed by atoms with Gasteiger partial charge in [0.2, 0.25) is 11.8 Å². The van der Waals surface area contributed by atoms with Gasteiger partial charge in [0.25, 0.3) is 5.91 Å². The van der Waals surface area contributed by atoms with Crippen LogP contribution in [0.3, 0.4) is 0 Å². The maximum Gasteiger partial charge on any atom is 0.410 e. The molecule has 1 aromatic carbocycles. The highest BCUT2D eigenvalue weighted by Gasteiger charge is 2.43. The van der Waals surface area contributed by atoms with E-state index < -0.39 is 6.04 Å². The summed E-state index contributed by atoms with van der Waals surface area (Å²) >= 11 is 0. The van der Waals surface area contributed by atoms with E-state index in [-0.39, 0.29) is 42.8 Å². The number of carbonyl (C=O) groups excluding carboxylic acids is 4. The van der Waals surface area contributed by atoms with Gasteiger partial charge in [0.05, 0.1) is 0 Å². The summed E-state index contributed by atoms with van der Waals surface area (Å²) in [6.45, 7) is 4.79. The maximum absolute atomic E-state index is 12.9. The molecule has 9 heteroatoms. The maximum atomic E-state index is 12.9. The molecular weight excluding hydrogens is 472 g/mol. The molecule has 1 N–H and O–H groups in total. The summed E-state index contributed by atoms with van der Waals surface area (Å²) in [5.74, 6) is -0.621. The van der Waals surface area contributed by atoms with Crippen molar-refractivity contribution < 1.29 is 23.9 Å². The van der Waals surface area contributed by atoms with Crippen molar-refractivity contribution in [1.82, 2.24) is 20.0 Å². The number of nitrogens with zero attached hydrogens (tertiary/aromatic N) is 3. The smallest absolute Gasteiger partial charge is 0.410 e. The molecule has 37 heavy (non-hydrogen) atoms. The van der Waals surface area contributed by atoms with Crippen molar-refractivity contribution in [1.29, 1.82) is 0 Å². The zero-order valence-corrected chi connectivity index (χ0v) is 21.1. The normalized spacial score (nSPS) is 24.7. The van der Waals surface area contributed by atoms with E-state index in [0.717, 1.165) is 50.0 Å². The average Bonchev–Trinajstić information content (AvgIpc) is 3.06. The lowest BCUT2D eigenvalue weighted by atomic mass is 9.88. The molecule has 0 spiro atoms. The van der Waals surface area contributed by atoms with Gasteiger partial charge in [-0.1, -0.05) is 48.1 Å². The van der Waals surface area contributed by atoms with Crippen molar-refractivity contribution in [2.24, 2.45) is 5.92 Å². The van der Waals surface area contributed by atoms with E-state index in [0.29, 0.717) is 26.1 Å². The highest BCUT2D eigenvalue weighted by Crippen LogP contribution is 2.36. The predicted molar refractivity (Wildman–Crippen MR) is 136 cm³/mol. The molecule has 1 unspecified atom stereocenters. The Hall–Kier alpha value is -3.46. The highest BCUT2D eigenvalue weighted by molar-refractivity contribution is 6.04. The molecule has 0 aromatic heterocycles. The van der Waals surface area contributed by atoms with E-state index in [9.17, 15) is 19.2 Å². The van der Waals surface area contributed by atoms with Crippen LogP contribution in [0.15, 0.2) is 53.6 Å². The second-order valence-corrected chi connectivity index (χ2v) is 10.2. The minimum Gasteiger partial charge on any atom is -0.445 e. The Bertz CT molecular complexity index is 1110. The van der Waals surface area contributed by atoms with Crippen LogP contribution >= 0.6 is 0 Å². The fourth-order valence-electron chi connectivity index (χ4n) is 5.66. The minimum absolute atomic E-state index is 0.0819. The first kappa shape index (κ1) is 25.2. The summed E-state index contributed by atoms with van der Waals surface area (Å²) in [5.41, 5.74) is 3.05. The molecule has 1 aliphatic carbocycles. The zero-order valence-electron chi connectivity index (χ0n) is 21.1. The first-order valence-electron chi connectivity index (χ1n) is 13.2. The number of piperidine rings is 1. The van der Waals surface area contributed by atoms with Crippen molar-refractivity contribution in [3.63, 3.8) is 0 Å². The van der Waals surface area contributed by atoms with Crippen LogP contribution in [0.1, 0.15) is 37.7 Å². The molecule has 4 amide bonds. The van der Waals surface area contributed by atoms with E-state index in [1.165, 1.54) is 5.57 Å². The summed E-state index contributed by atoms with van der Waals surface area (Å²) in [6.07, 6.45) is 7.01. The van der Waals surface area contributed by atoms with Crippen LogP contribution in [-0.4, -0.2) is 83.8 Å². The first-order chi connectivity index (χ1) is 18.0. The molecule has 0 radical (unpaired) electrons. The standard InChI is InChI=1S/C28H34N4O5/c33-25-10-9-24(26(34)29-25)32-18-22-17-20(7-8-23(22)27(32)35)11-14-30-12-4-13-31(16-15-30)28(36)37-19-21-5-2-1-3-6-21/h1-3,5-8,22,24H,4,9-19H2,(H,29,33,34)/t22?,24-/m0/s1. The Morgan fingerprint density at radius 3 is 2.68 bits per heavy atom. The number of amides is 4. The van der Waals surface area contributed by atoms with E-state index in [2.05, 4.69) is 16.3 Å². The minimum atomic E-state index is -0.556. The van der Waals surface area contributed by atoms with Crippen molar-refractivity contribution in [2.45, 2.75) is 44.8 Å². The van der Waals surface area contributed by atoms with Gasteiger partial charge in [-0.2, -0.15) is 0 Å². The first-order valence-corrected chi connectivity index (χ1v) is 13.2. The van der Waals surface area contributed by atoms with Crippen LogP contribution in [0, 0.1) is 5.92 Å². The van der Waals surface area contributed by atoms with E-state index in [1.807, 2.05) is 36.4 Å². The number of imide groups is 1. The second-order valence-electron chi connectivity index (χ2n) is 10.2. The number of allylic oxidation sites excluding steroid dienone is 2. The van der Waals surface area contributed by atoms with Crippen LogP contribution < -0.4 is 5.32 Å². The molecule has 3 saturated heterocycles. The summed E-state index contributed by atoms with van der Waals surface area (Å²) in [5, 5.41) is 2.36. The van der Waals surface area contributed by atoms with Gasteiger partial charge >= 0.3 is 6.09 Å². The number of rotatable bonds is 6. The summed E-state index contributed by atoms with van der Waals surface area (Å²) in [7, 11) is 0. The third-order valence-electron chi connectivity index (χ3n) is 7.76. The zero-order chi connectivity index (χ0) is 25.8.